The topological polar surface area (TPSA) is 72.5 Å². The number of terminal acetylenes is 1. The summed E-state index contributed by atoms with van der Waals surface area (Å²) in [4.78, 5) is 11.8. The van der Waals surface area contributed by atoms with Crippen molar-refractivity contribution in [3.8, 4) is 12.3 Å². The van der Waals surface area contributed by atoms with Crippen molar-refractivity contribution in [1.29, 1.82) is 0 Å². The second-order valence-corrected chi connectivity index (χ2v) is 6.01. The molecule has 0 aliphatic heterocycles. The number of aryl methyl sites for hydroxylation is 1. The standard InChI is InChI=1S/C14H17NO4S/c1-5-8-15-14(16)12-7-6-11(4)13(9-12)20(17,18)19-10(2)3/h1,6-7,9-10H,8H2,2-4H3,(H,15,16). The van der Waals surface area contributed by atoms with Gasteiger partial charge in [0, 0.05) is 5.56 Å². The van der Waals surface area contributed by atoms with Crippen LogP contribution < -0.4 is 5.32 Å². The number of nitrogens with one attached hydrogen (secondary N) is 1. The Hall–Kier alpha value is -1.84. The van der Waals surface area contributed by atoms with Crippen molar-refractivity contribution >= 4 is 16.0 Å². The Morgan fingerprint density at radius 3 is 2.65 bits per heavy atom. The number of hydrogen-bond acceptors (Lipinski definition) is 4. The fraction of sp³-hybridized carbons (Fsp3) is 0.357. The fourth-order valence-corrected chi connectivity index (χ4v) is 2.89. The molecule has 1 amide bonds. The summed E-state index contributed by atoms with van der Waals surface area (Å²) >= 11 is 0. The summed E-state index contributed by atoms with van der Waals surface area (Å²) in [5.41, 5.74) is 0.732. The highest BCUT2D eigenvalue weighted by atomic mass is 32.2. The third-order valence-electron chi connectivity index (χ3n) is 2.39. The Balaban J connectivity index is 3.16. The van der Waals surface area contributed by atoms with Crippen LogP contribution in [0, 0.1) is 19.3 Å². The Bertz CT molecular complexity index is 642. The van der Waals surface area contributed by atoms with Crippen molar-refractivity contribution in [1.82, 2.24) is 5.32 Å². The molecule has 1 aromatic rings. The quantitative estimate of drug-likeness (QED) is 0.659. The minimum absolute atomic E-state index is 0.0143. The minimum atomic E-state index is -3.89. The molecule has 5 nitrogen and oxygen atoms in total. The normalized spacial score (nSPS) is 11.2. The van der Waals surface area contributed by atoms with E-state index >= 15 is 0 Å². The first-order valence-electron chi connectivity index (χ1n) is 6.03. The summed E-state index contributed by atoms with van der Waals surface area (Å²) in [7, 11) is -3.89. The minimum Gasteiger partial charge on any atom is -0.341 e. The van der Waals surface area contributed by atoms with Gasteiger partial charge in [0.05, 0.1) is 17.5 Å². The zero-order valence-corrected chi connectivity index (χ0v) is 12.5. The lowest BCUT2D eigenvalue weighted by molar-refractivity contribution is 0.0958. The van der Waals surface area contributed by atoms with Crippen molar-refractivity contribution in [2.45, 2.75) is 31.8 Å². The molecule has 0 aromatic heterocycles. The van der Waals surface area contributed by atoms with E-state index < -0.39 is 22.1 Å². The van der Waals surface area contributed by atoms with Gasteiger partial charge in [0.25, 0.3) is 16.0 Å². The van der Waals surface area contributed by atoms with Crippen molar-refractivity contribution in [3.05, 3.63) is 29.3 Å². The van der Waals surface area contributed by atoms with E-state index in [4.69, 9.17) is 10.6 Å². The van der Waals surface area contributed by atoms with Gasteiger partial charge < -0.3 is 5.32 Å². The molecular formula is C14H17NO4S. The van der Waals surface area contributed by atoms with E-state index in [1.54, 1.807) is 26.8 Å². The van der Waals surface area contributed by atoms with E-state index in [9.17, 15) is 13.2 Å². The van der Waals surface area contributed by atoms with Crippen LogP contribution in [-0.4, -0.2) is 27.0 Å². The molecule has 0 saturated heterocycles. The average molecular weight is 295 g/mol. The van der Waals surface area contributed by atoms with Gasteiger partial charge in [-0.1, -0.05) is 12.0 Å². The highest BCUT2D eigenvalue weighted by Crippen LogP contribution is 2.20. The van der Waals surface area contributed by atoms with Crippen LogP contribution in [0.3, 0.4) is 0 Å². The van der Waals surface area contributed by atoms with E-state index in [2.05, 4.69) is 11.2 Å². The number of amides is 1. The molecule has 0 radical (unpaired) electrons. The van der Waals surface area contributed by atoms with Gasteiger partial charge in [-0.15, -0.1) is 6.42 Å². The maximum Gasteiger partial charge on any atom is 0.297 e. The van der Waals surface area contributed by atoms with Crippen LogP contribution in [-0.2, 0) is 14.3 Å². The van der Waals surface area contributed by atoms with Gasteiger partial charge in [-0.05, 0) is 38.5 Å². The number of carbonyl (C=O) groups is 1. The highest BCUT2D eigenvalue weighted by molar-refractivity contribution is 7.86. The Morgan fingerprint density at radius 1 is 1.45 bits per heavy atom. The molecule has 1 N–H and O–H groups in total. The van der Waals surface area contributed by atoms with Gasteiger partial charge in [0.2, 0.25) is 0 Å². The van der Waals surface area contributed by atoms with Crippen LogP contribution in [0.4, 0.5) is 0 Å². The summed E-state index contributed by atoms with van der Waals surface area (Å²) in [6, 6.07) is 4.38. The van der Waals surface area contributed by atoms with Crippen LogP contribution >= 0.6 is 0 Å². The number of hydrogen-bond donors (Lipinski definition) is 1. The maximum atomic E-state index is 12.1. The molecule has 6 heteroatoms. The third kappa shape index (κ3) is 4.08. The predicted octanol–water partition coefficient (Wildman–Crippen LogP) is 1.47. The summed E-state index contributed by atoms with van der Waals surface area (Å²) in [6.07, 6.45) is 4.58. The molecule has 0 fully saturated rings. The molecule has 1 rings (SSSR count). The van der Waals surface area contributed by atoms with E-state index in [1.807, 2.05) is 0 Å². The predicted molar refractivity (Wildman–Crippen MR) is 75.8 cm³/mol. The lowest BCUT2D eigenvalue weighted by atomic mass is 10.1. The van der Waals surface area contributed by atoms with Gasteiger partial charge in [0.15, 0.2) is 0 Å². The number of benzene rings is 1. The highest BCUT2D eigenvalue weighted by Gasteiger charge is 2.21. The summed E-state index contributed by atoms with van der Waals surface area (Å²) in [5, 5.41) is 2.48. The first-order valence-corrected chi connectivity index (χ1v) is 7.44. The zero-order chi connectivity index (χ0) is 15.3. The third-order valence-corrected chi connectivity index (χ3v) is 4.01. The van der Waals surface area contributed by atoms with Crippen molar-refractivity contribution in [2.75, 3.05) is 6.54 Å². The molecule has 0 aliphatic rings. The van der Waals surface area contributed by atoms with Gasteiger partial charge in [0.1, 0.15) is 0 Å². The summed E-state index contributed by atoms with van der Waals surface area (Å²) in [6.45, 7) is 4.96. The first-order chi connectivity index (χ1) is 9.27. The smallest absolute Gasteiger partial charge is 0.297 e. The van der Waals surface area contributed by atoms with Gasteiger partial charge >= 0.3 is 0 Å². The van der Waals surface area contributed by atoms with E-state index in [1.165, 1.54) is 12.1 Å². The molecule has 20 heavy (non-hydrogen) atoms. The van der Waals surface area contributed by atoms with E-state index in [0.717, 1.165) is 0 Å². The number of rotatable bonds is 5. The Morgan fingerprint density at radius 2 is 2.10 bits per heavy atom. The van der Waals surface area contributed by atoms with Crippen LogP contribution in [0.1, 0.15) is 29.8 Å². The van der Waals surface area contributed by atoms with Crippen molar-refractivity contribution in [3.63, 3.8) is 0 Å². The van der Waals surface area contributed by atoms with Crippen LogP contribution in [0.15, 0.2) is 23.1 Å². The molecule has 108 valence electrons. The van der Waals surface area contributed by atoms with Gasteiger partial charge in [-0.3, -0.25) is 8.98 Å². The summed E-state index contributed by atoms with van der Waals surface area (Å²) < 4.78 is 29.1. The van der Waals surface area contributed by atoms with Crippen molar-refractivity contribution in [2.24, 2.45) is 0 Å². The average Bonchev–Trinajstić information content (AvgIpc) is 2.34. The van der Waals surface area contributed by atoms with Crippen LogP contribution in [0.5, 0.6) is 0 Å². The largest absolute Gasteiger partial charge is 0.341 e. The number of carbonyl (C=O) groups excluding carboxylic acids is 1. The molecule has 0 bridgehead atoms. The molecule has 1 aromatic carbocycles. The van der Waals surface area contributed by atoms with Crippen LogP contribution in [0.2, 0.25) is 0 Å². The zero-order valence-electron chi connectivity index (χ0n) is 11.6. The first kappa shape index (κ1) is 16.2. The molecule has 0 saturated carbocycles. The fourth-order valence-electron chi connectivity index (χ4n) is 1.55. The van der Waals surface area contributed by atoms with E-state index in [-0.39, 0.29) is 17.0 Å². The Labute approximate surface area is 119 Å². The maximum absolute atomic E-state index is 12.1. The second kappa shape index (κ2) is 6.55. The van der Waals surface area contributed by atoms with Gasteiger partial charge in [-0.2, -0.15) is 8.42 Å². The molecule has 0 aliphatic carbocycles. The van der Waals surface area contributed by atoms with Gasteiger partial charge in [-0.25, -0.2) is 0 Å². The second-order valence-electron chi connectivity index (χ2n) is 4.47. The molecule has 0 unspecified atom stereocenters. The molecular weight excluding hydrogens is 278 g/mol. The summed E-state index contributed by atoms with van der Waals surface area (Å²) in [5.74, 6) is 1.85. The monoisotopic (exact) mass is 295 g/mol. The molecule has 0 heterocycles. The van der Waals surface area contributed by atoms with E-state index in [0.29, 0.717) is 5.56 Å². The van der Waals surface area contributed by atoms with Crippen LogP contribution in [0.25, 0.3) is 0 Å². The molecule has 0 atom stereocenters. The van der Waals surface area contributed by atoms with Crippen molar-refractivity contribution < 1.29 is 17.4 Å². The lowest BCUT2D eigenvalue weighted by Crippen LogP contribution is -2.24. The molecule has 0 spiro atoms. The SMILES string of the molecule is C#CCNC(=O)c1ccc(C)c(S(=O)(=O)OC(C)C)c1. The lowest BCUT2D eigenvalue weighted by Gasteiger charge is -2.12. The Kier molecular flexibility index (Phi) is 5.31.